The third kappa shape index (κ3) is 3.81. The van der Waals surface area contributed by atoms with E-state index in [2.05, 4.69) is 0 Å². The van der Waals surface area contributed by atoms with E-state index in [0.717, 1.165) is 6.42 Å². The van der Waals surface area contributed by atoms with Crippen molar-refractivity contribution in [2.75, 3.05) is 0 Å². The van der Waals surface area contributed by atoms with E-state index in [9.17, 15) is 14.4 Å². The number of aliphatic carboxylic acids is 2. The second-order valence-electron chi connectivity index (χ2n) is 6.81. The van der Waals surface area contributed by atoms with Gasteiger partial charge in [-0.05, 0) is 30.6 Å². The van der Waals surface area contributed by atoms with Gasteiger partial charge in [0.05, 0.1) is 0 Å². The fourth-order valence-electron chi connectivity index (χ4n) is 3.54. The van der Waals surface area contributed by atoms with Crippen LogP contribution in [0.3, 0.4) is 0 Å². The van der Waals surface area contributed by atoms with E-state index in [-0.39, 0.29) is 42.8 Å². The van der Waals surface area contributed by atoms with Crippen LogP contribution in [0.1, 0.15) is 59.3 Å². The van der Waals surface area contributed by atoms with Crippen LogP contribution >= 0.6 is 0 Å². The van der Waals surface area contributed by atoms with Gasteiger partial charge in [0.25, 0.3) is 0 Å². The zero-order valence-corrected chi connectivity index (χ0v) is 12.4. The fourth-order valence-corrected chi connectivity index (χ4v) is 3.54. The first-order chi connectivity index (χ1) is 9.09. The maximum atomic E-state index is 12.6. The maximum absolute atomic E-state index is 12.6. The van der Waals surface area contributed by atoms with Gasteiger partial charge in [0.15, 0.2) is 0 Å². The lowest BCUT2D eigenvalue weighted by Crippen LogP contribution is -2.46. The van der Waals surface area contributed by atoms with Gasteiger partial charge in [-0.3, -0.25) is 14.4 Å². The number of carboxylic acids is 2. The Bertz CT molecular complexity index is 392. The van der Waals surface area contributed by atoms with Crippen molar-refractivity contribution in [1.82, 2.24) is 0 Å². The molecule has 0 heterocycles. The number of carbonyl (C=O) groups excluding carboxylic acids is 1. The summed E-state index contributed by atoms with van der Waals surface area (Å²) in [6.07, 6.45) is 1.53. The largest absolute Gasteiger partial charge is 0.481 e. The van der Waals surface area contributed by atoms with Gasteiger partial charge in [-0.2, -0.15) is 0 Å². The van der Waals surface area contributed by atoms with E-state index in [1.807, 2.05) is 20.8 Å². The van der Waals surface area contributed by atoms with Crippen LogP contribution in [0.25, 0.3) is 0 Å². The first kappa shape index (κ1) is 16.7. The van der Waals surface area contributed by atoms with Crippen molar-refractivity contribution in [1.29, 1.82) is 0 Å². The number of carboxylic acid groups (broad SMARTS) is 2. The number of carbonyl (C=O) groups is 3. The van der Waals surface area contributed by atoms with Crippen molar-refractivity contribution in [3.05, 3.63) is 0 Å². The van der Waals surface area contributed by atoms with Crippen LogP contribution in [0.15, 0.2) is 0 Å². The standard InChI is InChI=1S/C15H24O5/c1-10-8-14(2,3)9-11(16)15(10,6-4-12(17)18)7-5-13(19)20/h10H,4-9H2,1-3H3,(H,17,18)(H,19,20). The lowest BCUT2D eigenvalue weighted by molar-refractivity contribution is -0.146. The Balaban J connectivity index is 2.98. The van der Waals surface area contributed by atoms with Crippen molar-refractivity contribution in [3.63, 3.8) is 0 Å². The molecular formula is C15H24O5. The van der Waals surface area contributed by atoms with Gasteiger partial charge in [0.2, 0.25) is 0 Å². The first-order valence-corrected chi connectivity index (χ1v) is 7.06. The zero-order valence-electron chi connectivity index (χ0n) is 12.4. The summed E-state index contributed by atoms with van der Waals surface area (Å²) >= 11 is 0. The molecule has 1 aliphatic rings. The van der Waals surface area contributed by atoms with Gasteiger partial charge in [-0.1, -0.05) is 20.8 Å². The summed E-state index contributed by atoms with van der Waals surface area (Å²) in [5.74, 6) is -1.84. The maximum Gasteiger partial charge on any atom is 0.303 e. The van der Waals surface area contributed by atoms with E-state index in [4.69, 9.17) is 10.2 Å². The predicted octanol–water partition coefficient (Wildman–Crippen LogP) is 2.73. The highest BCUT2D eigenvalue weighted by Crippen LogP contribution is 2.51. The molecule has 0 saturated heterocycles. The number of hydrogen-bond donors (Lipinski definition) is 2. The van der Waals surface area contributed by atoms with Crippen LogP contribution in [0, 0.1) is 16.7 Å². The van der Waals surface area contributed by atoms with Gasteiger partial charge in [0, 0.05) is 24.7 Å². The second kappa shape index (κ2) is 5.94. The average molecular weight is 284 g/mol. The van der Waals surface area contributed by atoms with Gasteiger partial charge in [-0.25, -0.2) is 0 Å². The predicted molar refractivity (Wildman–Crippen MR) is 73.4 cm³/mol. The average Bonchev–Trinajstić information content (AvgIpc) is 2.25. The molecule has 0 aromatic rings. The minimum atomic E-state index is -0.940. The highest BCUT2D eigenvalue weighted by atomic mass is 16.4. The van der Waals surface area contributed by atoms with Crippen molar-refractivity contribution >= 4 is 17.7 Å². The molecule has 0 aromatic carbocycles. The Morgan fingerprint density at radius 3 is 1.95 bits per heavy atom. The van der Waals surface area contributed by atoms with Crippen molar-refractivity contribution in [2.24, 2.45) is 16.7 Å². The molecule has 0 aromatic heterocycles. The summed E-state index contributed by atoms with van der Waals surface area (Å²) < 4.78 is 0. The van der Waals surface area contributed by atoms with Gasteiger partial charge < -0.3 is 10.2 Å². The van der Waals surface area contributed by atoms with Crippen LogP contribution in [-0.2, 0) is 14.4 Å². The molecule has 114 valence electrons. The van der Waals surface area contributed by atoms with Crippen LogP contribution < -0.4 is 0 Å². The minimum absolute atomic E-state index is 0.0115. The smallest absolute Gasteiger partial charge is 0.303 e. The number of Topliss-reactive ketones (excluding diaryl/α,β-unsaturated/α-hetero) is 1. The second-order valence-corrected chi connectivity index (χ2v) is 6.81. The van der Waals surface area contributed by atoms with Crippen LogP contribution in [0.5, 0.6) is 0 Å². The summed E-state index contributed by atoms with van der Waals surface area (Å²) in [6.45, 7) is 6.00. The molecule has 0 bridgehead atoms. The third-order valence-electron chi connectivity index (χ3n) is 4.57. The summed E-state index contributed by atoms with van der Waals surface area (Å²) in [5.41, 5.74) is -0.876. The fraction of sp³-hybridized carbons (Fsp3) is 0.800. The van der Waals surface area contributed by atoms with Gasteiger partial charge >= 0.3 is 11.9 Å². The molecular weight excluding hydrogens is 260 g/mol. The van der Waals surface area contributed by atoms with E-state index >= 15 is 0 Å². The molecule has 1 unspecified atom stereocenters. The molecule has 1 aliphatic carbocycles. The highest BCUT2D eigenvalue weighted by Gasteiger charge is 2.49. The molecule has 1 fully saturated rings. The summed E-state index contributed by atoms with van der Waals surface area (Å²) in [5, 5.41) is 17.8. The summed E-state index contributed by atoms with van der Waals surface area (Å²) in [6, 6.07) is 0. The van der Waals surface area contributed by atoms with Crippen molar-refractivity contribution < 1.29 is 24.6 Å². The van der Waals surface area contributed by atoms with Crippen molar-refractivity contribution in [2.45, 2.75) is 59.3 Å². The molecule has 0 amide bonds. The van der Waals surface area contributed by atoms with E-state index in [0.29, 0.717) is 6.42 Å². The Morgan fingerprint density at radius 2 is 1.60 bits per heavy atom. The molecule has 1 saturated carbocycles. The van der Waals surface area contributed by atoms with Crippen molar-refractivity contribution in [3.8, 4) is 0 Å². The molecule has 5 nitrogen and oxygen atoms in total. The zero-order chi connectivity index (χ0) is 15.6. The summed E-state index contributed by atoms with van der Waals surface area (Å²) in [4.78, 5) is 34.3. The van der Waals surface area contributed by atoms with Gasteiger partial charge in [-0.15, -0.1) is 0 Å². The number of rotatable bonds is 6. The van der Waals surface area contributed by atoms with Crippen LogP contribution in [0.2, 0.25) is 0 Å². The number of ketones is 1. The SMILES string of the molecule is CC1CC(C)(C)CC(=O)C1(CCC(=O)O)CCC(=O)O. The molecule has 1 atom stereocenters. The Morgan fingerprint density at radius 1 is 1.15 bits per heavy atom. The van der Waals surface area contributed by atoms with Crippen LogP contribution in [0.4, 0.5) is 0 Å². The van der Waals surface area contributed by atoms with E-state index in [1.54, 1.807) is 0 Å². The normalized spacial score (nSPS) is 24.4. The molecule has 1 rings (SSSR count). The first-order valence-electron chi connectivity index (χ1n) is 7.06. The lowest BCUT2D eigenvalue weighted by Gasteiger charge is -2.47. The Labute approximate surface area is 119 Å². The quantitative estimate of drug-likeness (QED) is 0.782. The Hall–Kier alpha value is -1.39. The minimum Gasteiger partial charge on any atom is -0.481 e. The van der Waals surface area contributed by atoms with Crippen LogP contribution in [-0.4, -0.2) is 27.9 Å². The third-order valence-corrected chi connectivity index (χ3v) is 4.57. The molecule has 20 heavy (non-hydrogen) atoms. The Kier molecular flexibility index (Phi) is 4.95. The molecule has 0 aliphatic heterocycles. The lowest BCUT2D eigenvalue weighted by atomic mass is 9.56. The van der Waals surface area contributed by atoms with E-state index in [1.165, 1.54) is 0 Å². The monoisotopic (exact) mass is 284 g/mol. The van der Waals surface area contributed by atoms with E-state index < -0.39 is 17.4 Å². The topological polar surface area (TPSA) is 91.7 Å². The van der Waals surface area contributed by atoms with Gasteiger partial charge in [0.1, 0.15) is 5.78 Å². The molecule has 0 spiro atoms. The molecule has 0 radical (unpaired) electrons. The highest BCUT2D eigenvalue weighted by molar-refractivity contribution is 5.87. The molecule has 5 heteroatoms. The molecule has 2 N–H and O–H groups in total. The number of hydrogen-bond acceptors (Lipinski definition) is 3. The summed E-state index contributed by atoms with van der Waals surface area (Å²) in [7, 11) is 0.